The van der Waals surface area contributed by atoms with Crippen molar-refractivity contribution in [3.05, 3.63) is 47.5 Å². The third-order valence-corrected chi connectivity index (χ3v) is 4.45. The van der Waals surface area contributed by atoms with Crippen LogP contribution in [0.2, 0.25) is 0 Å². The zero-order valence-corrected chi connectivity index (χ0v) is 11.6. The molecule has 1 saturated carbocycles. The minimum Gasteiger partial charge on any atom is -0.300 e. The van der Waals surface area contributed by atoms with E-state index in [2.05, 4.69) is 50.2 Å². The molecule has 2 unspecified atom stereocenters. The standard InChI is InChI=1S/C18H20O/c1-12-9-14-5-3-4-6-16(14)18(10-12)17-11-15(19)8-7-13(17)2/h3-6,9-10,13,17H,7-8,11H2,1-2H3. The topological polar surface area (TPSA) is 17.1 Å². The van der Waals surface area contributed by atoms with E-state index < -0.39 is 0 Å². The van der Waals surface area contributed by atoms with Crippen molar-refractivity contribution in [2.45, 2.75) is 39.0 Å². The van der Waals surface area contributed by atoms with Gasteiger partial charge in [-0.15, -0.1) is 0 Å². The fourth-order valence-corrected chi connectivity index (χ4v) is 3.36. The second-order valence-corrected chi connectivity index (χ2v) is 5.94. The van der Waals surface area contributed by atoms with Crippen molar-refractivity contribution in [3.8, 4) is 0 Å². The smallest absolute Gasteiger partial charge is 0.133 e. The molecule has 0 aromatic heterocycles. The van der Waals surface area contributed by atoms with Gasteiger partial charge in [-0.3, -0.25) is 4.79 Å². The number of rotatable bonds is 1. The molecule has 2 atom stereocenters. The normalized spacial score (nSPS) is 23.8. The third kappa shape index (κ3) is 2.30. The molecule has 0 heterocycles. The van der Waals surface area contributed by atoms with Crippen molar-refractivity contribution < 1.29 is 4.79 Å². The van der Waals surface area contributed by atoms with Gasteiger partial charge in [-0.2, -0.15) is 0 Å². The molecule has 1 aliphatic carbocycles. The Morgan fingerprint density at radius 2 is 1.95 bits per heavy atom. The van der Waals surface area contributed by atoms with Crippen LogP contribution in [0.25, 0.3) is 10.8 Å². The molecular weight excluding hydrogens is 232 g/mol. The van der Waals surface area contributed by atoms with Gasteiger partial charge < -0.3 is 0 Å². The second kappa shape index (κ2) is 4.80. The Balaban J connectivity index is 2.15. The van der Waals surface area contributed by atoms with Crippen LogP contribution in [0.15, 0.2) is 36.4 Å². The maximum Gasteiger partial charge on any atom is 0.133 e. The molecule has 0 amide bonds. The molecular formula is C18H20O. The Bertz CT molecular complexity index is 627. The van der Waals surface area contributed by atoms with Gasteiger partial charge in [0.15, 0.2) is 0 Å². The average Bonchev–Trinajstić information content (AvgIpc) is 2.40. The number of benzene rings is 2. The van der Waals surface area contributed by atoms with Crippen molar-refractivity contribution in [1.29, 1.82) is 0 Å². The monoisotopic (exact) mass is 252 g/mol. The summed E-state index contributed by atoms with van der Waals surface area (Å²) in [4.78, 5) is 11.8. The molecule has 98 valence electrons. The van der Waals surface area contributed by atoms with Crippen LogP contribution in [0.4, 0.5) is 0 Å². The summed E-state index contributed by atoms with van der Waals surface area (Å²) >= 11 is 0. The highest BCUT2D eigenvalue weighted by atomic mass is 16.1. The summed E-state index contributed by atoms with van der Waals surface area (Å²) < 4.78 is 0. The van der Waals surface area contributed by atoms with Crippen molar-refractivity contribution in [3.63, 3.8) is 0 Å². The molecule has 0 spiro atoms. The molecule has 0 N–H and O–H groups in total. The van der Waals surface area contributed by atoms with Gasteiger partial charge in [-0.05, 0) is 41.5 Å². The van der Waals surface area contributed by atoms with E-state index in [0.717, 1.165) is 12.8 Å². The van der Waals surface area contributed by atoms with Gasteiger partial charge in [0.2, 0.25) is 0 Å². The number of fused-ring (bicyclic) bond motifs is 1. The zero-order valence-electron chi connectivity index (χ0n) is 11.6. The highest BCUT2D eigenvalue weighted by molar-refractivity contribution is 5.88. The maximum atomic E-state index is 11.8. The van der Waals surface area contributed by atoms with Gasteiger partial charge >= 0.3 is 0 Å². The van der Waals surface area contributed by atoms with Crippen molar-refractivity contribution in [1.82, 2.24) is 0 Å². The summed E-state index contributed by atoms with van der Waals surface area (Å²) in [6.07, 6.45) is 2.52. The predicted molar refractivity (Wildman–Crippen MR) is 79.4 cm³/mol. The van der Waals surface area contributed by atoms with Crippen LogP contribution < -0.4 is 0 Å². The number of carbonyl (C=O) groups is 1. The van der Waals surface area contributed by atoms with Crippen LogP contribution in [0.5, 0.6) is 0 Å². The molecule has 1 heteroatoms. The number of carbonyl (C=O) groups excluding carboxylic acids is 1. The maximum absolute atomic E-state index is 11.8. The molecule has 3 rings (SSSR count). The lowest BCUT2D eigenvalue weighted by Gasteiger charge is -2.29. The second-order valence-electron chi connectivity index (χ2n) is 5.94. The van der Waals surface area contributed by atoms with Crippen molar-refractivity contribution in [2.75, 3.05) is 0 Å². The van der Waals surface area contributed by atoms with Crippen LogP contribution in [-0.2, 0) is 4.79 Å². The summed E-state index contributed by atoms with van der Waals surface area (Å²) in [6.45, 7) is 4.43. The molecule has 0 bridgehead atoms. The van der Waals surface area contributed by atoms with Crippen LogP contribution in [-0.4, -0.2) is 5.78 Å². The first kappa shape index (κ1) is 12.4. The number of hydrogen-bond acceptors (Lipinski definition) is 1. The first-order valence-corrected chi connectivity index (χ1v) is 7.16. The van der Waals surface area contributed by atoms with Gasteiger partial charge in [-0.25, -0.2) is 0 Å². The molecule has 2 aromatic carbocycles. The fraction of sp³-hybridized carbons (Fsp3) is 0.389. The van der Waals surface area contributed by atoms with E-state index in [9.17, 15) is 4.79 Å². The summed E-state index contributed by atoms with van der Waals surface area (Å²) in [6, 6.07) is 13.0. The largest absolute Gasteiger partial charge is 0.300 e. The summed E-state index contributed by atoms with van der Waals surface area (Å²) in [5, 5.41) is 2.61. The lowest BCUT2D eigenvalue weighted by Crippen LogP contribution is -2.21. The Labute approximate surface area is 114 Å². The first-order valence-electron chi connectivity index (χ1n) is 7.16. The fourth-order valence-electron chi connectivity index (χ4n) is 3.36. The molecule has 1 aliphatic rings. The molecule has 0 saturated heterocycles. The predicted octanol–water partition coefficient (Wildman–Crippen LogP) is 4.62. The summed E-state index contributed by atoms with van der Waals surface area (Å²) in [5.74, 6) is 1.42. The van der Waals surface area contributed by atoms with Crippen LogP contribution in [0.3, 0.4) is 0 Å². The van der Waals surface area contributed by atoms with Crippen molar-refractivity contribution in [2.24, 2.45) is 5.92 Å². The first-order chi connectivity index (χ1) is 9.15. The summed E-state index contributed by atoms with van der Waals surface area (Å²) in [5.41, 5.74) is 2.66. The quantitative estimate of drug-likeness (QED) is 0.723. The molecule has 1 nitrogen and oxygen atoms in total. The van der Waals surface area contributed by atoms with E-state index in [1.807, 2.05) is 0 Å². The molecule has 19 heavy (non-hydrogen) atoms. The Morgan fingerprint density at radius 1 is 1.16 bits per heavy atom. The highest BCUT2D eigenvalue weighted by Crippen LogP contribution is 2.39. The van der Waals surface area contributed by atoms with Gasteiger partial charge in [0, 0.05) is 12.8 Å². The molecule has 1 fully saturated rings. The molecule has 2 aromatic rings. The molecule has 0 aliphatic heterocycles. The van der Waals surface area contributed by atoms with Crippen LogP contribution in [0, 0.1) is 12.8 Å². The van der Waals surface area contributed by atoms with Gasteiger partial charge in [0.05, 0.1) is 0 Å². The lowest BCUT2D eigenvalue weighted by molar-refractivity contribution is -0.121. The van der Waals surface area contributed by atoms with E-state index in [0.29, 0.717) is 24.0 Å². The van der Waals surface area contributed by atoms with Gasteiger partial charge in [0.25, 0.3) is 0 Å². The number of Topliss-reactive ketones (excluding diaryl/α,β-unsaturated/α-hetero) is 1. The van der Waals surface area contributed by atoms with Gasteiger partial charge in [-0.1, -0.05) is 48.9 Å². The van der Waals surface area contributed by atoms with E-state index in [-0.39, 0.29) is 0 Å². The van der Waals surface area contributed by atoms with E-state index >= 15 is 0 Å². The van der Waals surface area contributed by atoms with Crippen LogP contribution in [0.1, 0.15) is 43.2 Å². The minimum atomic E-state index is 0.394. The van der Waals surface area contributed by atoms with Crippen molar-refractivity contribution >= 4 is 16.6 Å². The van der Waals surface area contributed by atoms with E-state index in [4.69, 9.17) is 0 Å². The SMILES string of the molecule is Cc1cc(C2CC(=O)CCC2C)c2ccccc2c1. The Kier molecular flexibility index (Phi) is 3.14. The number of aryl methyl sites for hydroxylation is 1. The Hall–Kier alpha value is -1.63. The Morgan fingerprint density at radius 3 is 2.79 bits per heavy atom. The minimum absolute atomic E-state index is 0.394. The molecule has 0 radical (unpaired) electrons. The lowest BCUT2D eigenvalue weighted by atomic mass is 9.74. The van der Waals surface area contributed by atoms with Crippen LogP contribution >= 0.6 is 0 Å². The van der Waals surface area contributed by atoms with E-state index in [1.54, 1.807) is 0 Å². The zero-order chi connectivity index (χ0) is 13.4. The highest BCUT2D eigenvalue weighted by Gasteiger charge is 2.28. The van der Waals surface area contributed by atoms with E-state index in [1.165, 1.54) is 21.9 Å². The average molecular weight is 252 g/mol. The number of hydrogen-bond donors (Lipinski definition) is 0. The third-order valence-electron chi connectivity index (χ3n) is 4.45. The summed E-state index contributed by atoms with van der Waals surface area (Å²) in [7, 11) is 0. The number of ketones is 1. The van der Waals surface area contributed by atoms with Gasteiger partial charge in [0.1, 0.15) is 5.78 Å².